The van der Waals surface area contributed by atoms with E-state index >= 15 is 0 Å². The molecule has 0 radical (unpaired) electrons. The maximum atomic E-state index is 5.39. The van der Waals surface area contributed by atoms with E-state index in [0.29, 0.717) is 0 Å². The lowest BCUT2D eigenvalue weighted by molar-refractivity contribution is 4.99. The molecular formula is Br3ClP+. The summed E-state index contributed by atoms with van der Waals surface area (Å²) >= 11 is 14.6. The Kier molecular flexibility index (Phi) is 3.53. The molecule has 0 N–H and O–H groups in total. The molecule has 32 valence electrons. The topological polar surface area (TPSA) is 0 Å². The predicted molar refractivity (Wildman–Crippen MR) is 39.6 cm³/mol. The second-order valence-corrected chi connectivity index (χ2v) is 24.5. The average molecular weight is 306 g/mol. The minimum absolute atomic E-state index is 1.48. The first-order valence-electron chi connectivity index (χ1n) is 0.676. The molecule has 0 saturated carbocycles. The van der Waals surface area contributed by atoms with E-state index in [4.69, 9.17) is 11.2 Å². The molecule has 0 nitrogen and oxygen atoms in total. The predicted octanol–water partition coefficient (Wildman–Crippen LogP) is 4.09. The molecule has 0 rings (SSSR count). The van der Waals surface area contributed by atoms with Crippen molar-refractivity contribution < 1.29 is 0 Å². The van der Waals surface area contributed by atoms with Gasteiger partial charge in [-0.1, -0.05) is 0 Å². The largest absolute Gasteiger partial charge is 0.316 e. The molecule has 0 fully saturated rings. The van der Waals surface area contributed by atoms with Crippen LogP contribution in [0.2, 0.25) is 0 Å². The van der Waals surface area contributed by atoms with Gasteiger partial charge in [0.1, 0.15) is 11.2 Å². The van der Waals surface area contributed by atoms with Crippen LogP contribution in [0.5, 0.6) is 0 Å². The summed E-state index contributed by atoms with van der Waals surface area (Å²) in [4.78, 5) is 0. The van der Waals surface area contributed by atoms with Crippen LogP contribution < -0.4 is 0 Å². The average Bonchev–Trinajstić information content (AvgIpc) is 0.722. The summed E-state index contributed by atoms with van der Waals surface area (Å²) in [5, 5.41) is 0. The molecule has 0 aliphatic carbocycles. The number of rotatable bonds is 0. The molecule has 0 aliphatic rings. The lowest BCUT2D eigenvalue weighted by atomic mass is 30.7. The molecule has 0 aromatic rings. The van der Waals surface area contributed by atoms with Crippen LogP contribution in [0.25, 0.3) is 0 Å². The summed E-state index contributed by atoms with van der Waals surface area (Å²) in [7, 11) is 0. The Labute approximate surface area is 60.0 Å². The standard InChI is InChI=1S/Br3ClP/c1-5(2,3)4/q+1. The zero-order valence-electron chi connectivity index (χ0n) is 1.96. The first-order valence-corrected chi connectivity index (χ1v) is 9.43. The van der Waals surface area contributed by atoms with Gasteiger partial charge in [0, 0.05) is 0 Å². The minimum atomic E-state index is -1.48. The summed E-state index contributed by atoms with van der Waals surface area (Å²) in [6.45, 7) is 0. The molecule has 0 amide bonds. The van der Waals surface area contributed by atoms with Crippen molar-refractivity contribution >= 4 is 60.4 Å². The third-order valence-corrected chi connectivity index (χ3v) is 0. The second-order valence-electron chi connectivity index (χ2n) is 0.383. The molecule has 0 aliphatic heterocycles. The smallest absolute Gasteiger partial charge is 0.125 e. The summed E-state index contributed by atoms with van der Waals surface area (Å²) in [5.41, 5.74) is 0. The molecule has 0 saturated heterocycles. The molecule has 0 spiro atoms. The molecule has 5 heteroatoms. The van der Waals surface area contributed by atoms with Gasteiger partial charge in [-0.3, -0.25) is 0 Å². The highest BCUT2D eigenvalue weighted by Gasteiger charge is 2.25. The van der Waals surface area contributed by atoms with E-state index in [9.17, 15) is 0 Å². The maximum absolute atomic E-state index is 5.39. The Morgan fingerprint density at radius 3 is 1.20 bits per heavy atom. The van der Waals surface area contributed by atoms with Crippen LogP contribution in [-0.4, -0.2) is 0 Å². The van der Waals surface area contributed by atoms with Crippen LogP contribution in [-0.2, 0) is 0 Å². The molecule has 5 heavy (non-hydrogen) atoms. The molecule has 0 aromatic carbocycles. The quantitative estimate of drug-likeness (QED) is 0.591. The van der Waals surface area contributed by atoms with E-state index in [0.717, 1.165) is 0 Å². The highest BCUT2D eigenvalue weighted by atomic mass is 80.0. The fourth-order valence-electron chi connectivity index (χ4n) is 0. The van der Waals surface area contributed by atoms with Gasteiger partial charge in [-0.15, -0.1) is 0 Å². The van der Waals surface area contributed by atoms with Crippen LogP contribution in [0.15, 0.2) is 0 Å². The lowest BCUT2D eigenvalue weighted by Crippen LogP contribution is -1.17. The van der Waals surface area contributed by atoms with Crippen molar-refractivity contribution in [3.63, 3.8) is 0 Å². The van der Waals surface area contributed by atoms with Crippen LogP contribution in [0.3, 0.4) is 0 Å². The number of hydrogen-bond donors (Lipinski definition) is 0. The first kappa shape index (κ1) is 7.16. The zero-order valence-corrected chi connectivity index (χ0v) is 8.37. The third-order valence-electron chi connectivity index (χ3n) is 0. The number of hydrogen-bond acceptors (Lipinski definition) is 0. The third kappa shape index (κ3) is 22.8. The summed E-state index contributed by atoms with van der Waals surface area (Å²) in [6.07, 6.45) is 0. The molecule has 0 aromatic heterocycles. The van der Waals surface area contributed by atoms with Gasteiger partial charge in [0.05, 0.1) is 0 Å². The van der Waals surface area contributed by atoms with Crippen molar-refractivity contribution in [2.75, 3.05) is 0 Å². The van der Waals surface area contributed by atoms with E-state index in [1.807, 2.05) is 0 Å². The van der Waals surface area contributed by atoms with E-state index in [1.54, 1.807) is 0 Å². The normalized spacial score (nSPS) is 12.0. The van der Waals surface area contributed by atoms with Gasteiger partial charge in [-0.05, 0) is 0 Å². The van der Waals surface area contributed by atoms with Gasteiger partial charge in [-0.2, -0.15) is 0 Å². The lowest BCUT2D eigenvalue weighted by Gasteiger charge is -1.76. The van der Waals surface area contributed by atoms with Gasteiger partial charge in [0.15, 0.2) is 46.5 Å². The summed E-state index contributed by atoms with van der Waals surface area (Å²) < 4.78 is -1.48. The molecule has 0 atom stereocenters. The fraction of sp³-hybridized carbons (Fsp3) is 0. The van der Waals surface area contributed by atoms with Crippen molar-refractivity contribution in [1.82, 2.24) is 0 Å². The van der Waals surface area contributed by atoms with Gasteiger partial charge in [0.25, 0.3) is 0 Å². The monoisotopic (exact) mass is 303 g/mol. The Balaban J connectivity index is 3.02. The van der Waals surface area contributed by atoms with Crippen LogP contribution in [0, 0.1) is 0 Å². The van der Waals surface area contributed by atoms with Crippen molar-refractivity contribution in [3.8, 4) is 0 Å². The summed E-state index contributed by atoms with van der Waals surface area (Å²) in [6, 6.07) is 0. The van der Waals surface area contributed by atoms with Crippen LogP contribution in [0.4, 0.5) is 0 Å². The van der Waals surface area contributed by atoms with Crippen molar-refractivity contribution in [2.45, 2.75) is 0 Å². The van der Waals surface area contributed by atoms with E-state index in [1.165, 1.54) is 0 Å². The Bertz CT molecular complexity index is 22.4. The van der Waals surface area contributed by atoms with Crippen molar-refractivity contribution in [2.24, 2.45) is 0 Å². The highest BCUT2D eigenvalue weighted by Crippen LogP contribution is 2.84. The Morgan fingerprint density at radius 1 is 1.20 bits per heavy atom. The van der Waals surface area contributed by atoms with E-state index in [-0.39, 0.29) is 0 Å². The zero-order chi connectivity index (χ0) is 4.50. The second kappa shape index (κ2) is 2.46. The van der Waals surface area contributed by atoms with E-state index in [2.05, 4.69) is 46.5 Å². The molecular weight excluding hydrogens is 306 g/mol. The molecule has 0 bridgehead atoms. The Hall–Kier alpha value is 2.16. The van der Waals surface area contributed by atoms with Gasteiger partial charge in [-0.25, -0.2) is 0 Å². The van der Waals surface area contributed by atoms with Gasteiger partial charge in [0.2, 0.25) is 0 Å². The Morgan fingerprint density at radius 2 is 1.20 bits per heavy atom. The highest BCUT2D eigenvalue weighted by molar-refractivity contribution is 9.99. The maximum Gasteiger partial charge on any atom is 0.316 e. The van der Waals surface area contributed by atoms with Crippen molar-refractivity contribution in [3.05, 3.63) is 0 Å². The van der Waals surface area contributed by atoms with Crippen LogP contribution in [0.1, 0.15) is 0 Å². The first-order chi connectivity index (χ1) is 2.00. The number of halogens is 4. The minimum Gasteiger partial charge on any atom is 0.125 e. The van der Waals surface area contributed by atoms with Crippen molar-refractivity contribution in [1.29, 1.82) is 0 Å². The summed E-state index contributed by atoms with van der Waals surface area (Å²) in [5.74, 6) is 0. The van der Waals surface area contributed by atoms with Gasteiger partial charge >= 0.3 is 2.72 Å². The van der Waals surface area contributed by atoms with Gasteiger partial charge < -0.3 is 0 Å². The SMILES string of the molecule is Cl[P+](Br)(Br)Br. The molecule has 0 unspecified atom stereocenters. The van der Waals surface area contributed by atoms with E-state index < -0.39 is 2.72 Å². The molecule has 0 heterocycles. The fourth-order valence-corrected chi connectivity index (χ4v) is 0. The van der Waals surface area contributed by atoms with Crippen LogP contribution >= 0.6 is 60.4 Å².